The number of hydrogen-bond acceptors (Lipinski definition) is 4. The van der Waals surface area contributed by atoms with Gasteiger partial charge in [-0.25, -0.2) is 12.8 Å². The van der Waals surface area contributed by atoms with Gasteiger partial charge in [-0.3, -0.25) is 4.79 Å². The molecule has 8 heteroatoms. The Balaban J connectivity index is 2.12. The molecule has 3 rings (SSSR count). The number of aliphatic carboxylic acids is 1. The van der Waals surface area contributed by atoms with Crippen LogP contribution in [0.3, 0.4) is 0 Å². The maximum absolute atomic E-state index is 13.6. The van der Waals surface area contributed by atoms with Crippen LogP contribution in [0.4, 0.5) is 4.39 Å². The van der Waals surface area contributed by atoms with Crippen LogP contribution in [-0.2, 0) is 14.6 Å². The lowest BCUT2D eigenvalue weighted by molar-refractivity contribution is -0.143. The van der Waals surface area contributed by atoms with Crippen LogP contribution < -0.4 is 5.73 Å². The molecule has 0 unspecified atom stereocenters. The summed E-state index contributed by atoms with van der Waals surface area (Å²) in [7, 11) is -4.00. The van der Waals surface area contributed by atoms with Crippen LogP contribution in [0, 0.1) is 11.2 Å². The van der Waals surface area contributed by atoms with Crippen LogP contribution in [0.25, 0.3) is 0 Å². The first-order chi connectivity index (χ1) is 11.7. The van der Waals surface area contributed by atoms with Gasteiger partial charge in [-0.1, -0.05) is 23.7 Å². The molecule has 132 valence electrons. The summed E-state index contributed by atoms with van der Waals surface area (Å²) in [5, 5.41) is 8.76. The molecule has 0 aliphatic heterocycles. The zero-order valence-electron chi connectivity index (χ0n) is 12.9. The summed E-state index contributed by atoms with van der Waals surface area (Å²) in [6, 6.07) is 10.8. The number of rotatable bonds is 5. The van der Waals surface area contributed by atoms with Gasteiger partial charge in [0.2, 0.25) is 0 Å². The Morgan fingerprint density at radius 3 is 2.40 bits per heavy atom. The highest BCUT2D eigenvalue weighted by molar-refractivity contribution is 7.92. The summed E-state index contributed by atoms with van der Waals surface area (Å²) in [6.45, 7) is -0.374. The Morgan fingerprint density at radius 2 is 1.88 bits per heavy atom. The Morgan fingerprint density at radius 1 is 1.24 bits per heavy atom. The van der Waals surface area contributed by atoms with Gasteiger partial charge in [0, 0.05) is 17.5 Å². The lowest BCUT2D eigenvalue weighted by Gasteiger charge is -2.10. The molecule has 0 bridgehead atoms. The Labute approximate surface area is 149 Å². The number of benzene rings is 2. The number of carbonyl (C=O) groups is 1. The number of sulfone groups is 1. The van der Waals surface area contributed by atoms with Crippen molar-refractivity contribution in [2.75, 3.05) is 6.54 Å². The van der Waals surface area contributed by atoms with Crippen molar-refractivity contribution < 1.29 is 22.7 Å². The molecular weight excluding hydrogens is 369 g/mol. The Kier molecular flexibility index (Phi) is 4.35. The third-order valence-electron chi connectivity index (χ3n) is 4.68. The highest BCUT2D eigenvalue weighted by atomic mass is 35.5. The van der Waals surface area contributed by atoms with Crippen molar-refractivity contribution >= 4 is 27.4 Å². The maximum atomic E-state index is 13.6. The molecule has 3 atom stereocenters. The smallest absolute Gasteiger partial charge is 0.312 e. The molecule has 1 aliphatic rings. The summed E-state index contributed by atoms with van der Waals surface area (Å²) < 4.78 is 39.6. The topological polar surface area (TPSA) is 97.5 Å². The van der Waals surface area contributed by atoms with Crippen molar-refractivity contribution in [2.24, 2.45) is 11.1 Å². The number of halogens is 2. The van der Waals surface area contributed by atoms with Gasteiger partial charge in [0.25, 0.3) is 0 Å². The van der Waals surface area contributed by atoms with Gasteiger partial charge in [-0.05, 0) is 42.0 Å². The predicted molar refractivity (Wildman–Crippen MR) is 90.7 cm³/mol. The minimum absolute atomic E-state index is 0.0418. The molecule has 1 saturated carbocycles. The molecule has 1 fully saturated rings. The molecule has 25 heavy (non-hydrogen) atoms. The SMILES string of the molecule is NC[C@@]1(C(=O)O)[C@@H](c2cccc(F)c2)[C@@H]1S(=O)(=O)c1ccc(Cl)cc1. The number of hydrogen-bond donors (Lipinski definition) is 2. The zero-order valence-corrected chi connectivity index (χ0v) is 14.5. The summed E-state index contributed by atoms with van der Waals surface area (Å²) in [5.41, 5.74) is 4.28. The van der Waals surface area contributed by atoms with E-state index in [1.54, 1.807) is 0 Å². The van der Waals surface area contributed by atoms with E-state index in [9.17, 15) is 22.7 Å². The van der Waals surface area contributed by atoms with Gasteiger partial charge >= 0.3 is 5.97 Å². The van der Waals surface area contributed by atoms with Crippen molar-refractivity contribution in [3.8, 4) is 0 Å². The van der Waals surface area contributed by atoms with E-state index in [-0.39, 0.29) is 11.4 Å². The van der Waals surface area contributed by atoms with Crippen molar-refractivity contribution in [1.82, 2.24) is 0 Å². The molecule has 0 spiro atoms. The highest BCUT2D eigenvalue weighted by Crippen LogP contribution is 2.63. The quantitative estimate of drug-likeness (QED) is 0.826. The van der Waals surface area contributed by atoms with Crippen LogP contribution in [0.5, 0.6) is 0 Å². The Hall–Kier alpha value is -1.96. The highest BCUT2D eigenvalue weighted by Gasteiger charge is 2.75. The van der Waals surface area contributed by atoms with Crippen LogP contribution in [0.2, 0.25) is 5.02 Å². The largest absolute Gasteiger partial charge is 0.481 e. The molecule has 0 heterocycles. The van der Waals surface area contributed by atoms with Crippen LogP contribution >= 0.6 is 11.6 Å². The van der Waals surface area contributed by atoms with Gasteiger partial charge in [0.05, 0.1) is 10.1 Å². The lowest BCUT2D eigenvalue weighted by Crippen LogP contribution is -2.31. The fourth-order valence-electron chi connectivity index (χ4n) is 3.39. The first-order valence-corrected chi connectivity index (χ1v) is 9.36. The summed E-state index contributed by atoms with van der Waals surface area (Å²) in [4.78, 5) is 11.8. The van der Waals surface area contributed by atoms with E-state index in [1.807, 2.05) is 0 Å². The first-order valence-electron chi connectivity index (χ1n) is 7.43. The number of nitrogens with two attached hydrogens (primary N) is 1. The first kappa shape index (κ1) is 17.8. The fourth-order valence-corrected chi connectivity index (χ4v) is 5.90. The molecule has 0 radical (unpaired) electrons. The predicted octanol–water partition coefficient (Wildman–Crippen LogP) is 2.45. The molecule has 3 N–H and O–H groups in total. The maximum Gasteiger partial charge on any atom is 0.312 e. The van der Waals surface area contributed by atoms with E-state index in [0.29, 0.717) is 10.6 Å². The molecule has 0 saturated heterocycles. The summed E-state index contributed by atoms with van der Waals surface area (Å²) >= 11 is 5.78. The van der Waals surface area contributed by atoms with Gasteiger partial charge < -0.3 is 10.8 Å². The molecule has 2 aromatic rings. The van der Waals surface area contributed by atoms with E-state index in [1.165, 1.54) is 42.5 Å². The standard InChI is InChI=1S/C17H15ClFNO4S/c18-11-4-6-13(7-5-11)25(23,24)15-14(17(15,9-20)16(21)22)10-2-1-3-12(19)8-10/h1-8,14-15H,9,20H2,(H,21,22)/t14-,15-,17+/m0/s1. The van der Waals surface area contributed by atoms with Crippen LogP contribution in [0.1, 0.15) is 11.5 Å². The second-order valence-corrected chi connectivity index (χ2v) is 8.51. The van der Waals surface area contributed by atoms with Crippen molar-refractivity contribution in [3.05, 3.63) is 64.9 Å². The second-order valence-electron chi connectivity index (χ2n) is 6.00. The van der Waals surface area contributed by atoms with E-state index >= 15 is 0 Å². The van der Waals surface area contributed by atoms with Crippen LogP contribution in [-0.4, -0.2) is 31.3 Å². The van der Waals surface area contributed by atoms with Crippen molar-refractivity contribution in [1.29, 1.82) is 0 Å². The monoisotopic (exact) mass is 383 g/mol. The van der Waals surface area contributed by atoms with E-state index in [0.717, 1.165) is 6.07 Å². The summed E-state index contributed by atoms with van der Waals surface area (Å²) in [5.74, 6) is -2.80. The average molecular weight is 384 g/mol. The second kappa shape index (κ2) is 6.09. The molecule has 1 aliphatic carbocycles. The fraction of sp³-hybridized carbons (Fsp3) is 0.235. The number of carboxylic acids is 1. The zero-order chi connectivity index (χ0) is 18.4. The van der Waals surface area contributed by atoms with Gasteiger partial charge in [-0.2, -0.15) is 0 Å². The molecule has 0 aromatic heterocycles. The average Bonchev–Trinajstić information content (AvgIpc) is 3.27. The third-order valence-corrected chi connectivity index (χ3v) is 7.22. The van der Waals surface area contributed by atoms with E-state index < -0.39 is 38.2 Å². The van der Waals surface area contributed by atoms with Gasteiger partial charge in [0.1, 0.15) is 11.2 Å². The molecule has 0 amide bonds. The van der Waals surface area contributed by atoms with E-state index in [4.69, 9.17) is 17.3 Å². The summed E-state index contributed by atoms with van der Waals surface area (Å²) in [6.07, 6.45) is 0. The number of carboxylic acid groups (broad SMARTS) is 1. The van der Waals surface area contributed by atoms with E-state index in [2.05, 4.69) is 0 Å². The van der Waals surface area contributed by atoms with Crippen molar-refractivity contribution in [3.63, 3.8) is 0 Å². The molecular formula is C17H15ClFNO4S. The minimum Gasteiger partial charge on any atom is -0.481 e. The lowest BCUT2D eigenvalue weighted by atomic mass is 9.99. The van der Waals surface area contributed by atoms with Gasteiger partial charge in [-0.15, -0.1) is 0 Å². The molecule has 5 nitrogen and oxygen atoms in total. The van der Waals surface area contributed by atoms with Crippen molar-refractivity contribution in [2.45, 2.75) is 16.1 Å². The Bertz CT molecular complexity index is 932. The minimum atomic E-state index is -4.00. The normalized spacial score (nSPS) is 25.6. The van der Waals surface area contributed by atoms with Crippen LogP contribution in [0.15, 0.2) is 53.4 Å². The third kappa shape index (κ3) is 2.72. The molecule has 2 aromatic carbocycles. The van der Waals surface area contributed by atoms with Gasteiger partial charge in [0.15, 0.2) is 9.84 Å².